The Morgan fingerprint density at radius 2 is 2.19 bits per heavy atom. The van der Waals surface area contributed by atoms with E-state index >= 15 is 0 Å². The van der Waals surface area contributed by atoms with E-state index in [1.807, 2.05) is 6.92 Å². The van der Waals surface area contributed by atoms with E-state index in [2.05, 4.69) is 20.4 Å². The highest BCUT2D eigenvalue weighted by atomic mass is 35.5. The Morgan fingerprint density at radius 1 is 1.42 bits per heavy atom. The predicted octanol–water partition coefficient (Wildman–Crippen LogP) is 3.52. The summed E-state index contributed by atoms with van der Waals surface area (Å²) in [4.78, 5) is 4.36. The Bertz CT molecular complexity index is 644. The molecule has 0 amide bonds. The molecule has 1 saturated heterocycles. The summed E-state index contributed by atoms with van der Waals surface area (Å²) in [6, 6.07) is 2.82. The Hall–Kier alpha value is -0.960. The number of rotatable bonds is 7. The van der Waals surface area contributed by atoms with Gasteiger partial charge >= 0.3 is 6.61 Å². The van der Waals surface area contributed by atoms with Crippen LogP contribution >= 0.6 is 35.0 Å². The SMILES string of the molecule is CCNC(=NCc1cc(Cl)cc(Cl)c1OC(F)F)NCC1(O)CCSC1. The molecule has 0 aliphatic carbocycles. The number of nitrogens with zero attached hydrogens (tertiary/aromatic N) is 1. The topological polar surface area (TPSA) is 65.9 Å². The summed E-state index contributed by atoms with van der Waals surface area (Å²) in [6.07, 6.45) is 0.709. The molecule has 0 saturated carbocycles. The normalized spacial score (nSPS) is 20.5. The van der Waals surface area contributed by atoms with Crippen molar-refractivity contribution in [2.75, 3.05) is 24.6 Å². The average Bonchev–Trinajstić information content (AvgIpc) is 3.00. The van der Waals surface area contributed by atoms with E-state index in [1.54, 1.807) is 11.8 Å². The van der Waals surface area contributed by atoms with Crippen molar-refractivity contribution in [2.24, 2.45) is 4.99 Å². The maximum Gasteiger partial charge on any atom is 0.387 e. The van der Waals surface area contributed by atoms with Gasteiger partial charge in [0, 0.05) is 29.4 Å². The highest BCUT2D eigenvalue weighted by molar-refractivity contribution is 7.99. The molecule has 1 aliphatic rings. The van der Waals surface area contributed by atoms with E-state index in [4.69, 9.17) is 23.2 Å². The smallest absolute Gasteiger partial charge is 0.387 e. The lowest BCUT2D eigenvalue weighted by Gasteiger charge is -2.23. The summed E-state index contributed by atoms with van der Waals surface area (Å²) < 4.78 is 29.8. The molecule has 26 heavy (non-hydrogen) atoms. The maximum absolute atomic E-state index is 12.6. The molecule has 5 nitrogen and oxygen atoms in total. The monoisotopic (exact) mass is 427 g/mol. The molecular weight excluding hydrogens is 407 g/mol. The van der Waals surface area contributed by atoms with Gasteiger partial charge in [-0.2, -0.15) is 20.5 Å². The Balaban J connectivity index is 2.12. The predicted molar refractivity (Wildman–Crippen MR) is 103 cm³/mol. The van der Waals surface area contributed by atoms with E-state index in [9.17, 15) is 13.9 Å². The van der Waals surface area contributed by atoms with Crippen LogP contribution in [-0.2, 0) is 6.54 Å². The van der Waals surface area contributed by atoms with E-state index in [0.29, 0.717) is 41.8 Å². The van der Waals surface area contributed by atoms with Crippen LogP contribution in [0.15, 0.2) is 17.1 Å². The van der Waals surface area contributed by atoms with Crippen molar-refractivity contribution in [1.82, 2.24) is 10.6 Å². The van der Waals surface area contributed by atoms with Gasteiger partial charge in [0.2, 0.25) is 0 Å². The van der Waals surface area contributed by atoms with Crippen molar-refractivity contribution in [3.63, 3.8) is 0 Å². The fraction of sp³-hybridized carbons (Fsp3) is 0.562. The number of aliphatic imine (C=N–C) groups is 1. The number of benzene rings is 1. The summed E-state index contributed by atoms with van der Waals surface area (Å²) >= 11 is 13.6. The summed E-state index contributed by atoms with van der Waals surface area (Å²) in [5, 5.41) is 16.8. The molecule has 1 unspecified atom stereocenters. The van der Waals surface area contributed by atoms with Crippen LogP contribution in [0.25, 0.3) is 0 Å². The van der Waals surface area contributed by atoms with Gasteiger partial charge in [-0.1, -0.05) is 23.2 Å². The molecule has 146 valence electrons. The van der Waals surface area contributed by atoms with E-state index < -0.39 is 12.2 Å². The van der Waals surface area contributed by atoms with Crippen molar-refractivity contribution in [3.05, 3.63) is 27.7 Å². The number of halogens is 4. The van der Waals surface area contributed by atoms with E-state index in [-0.39, 0.29) is 17.3 Å². The van der Waals surface area contributed by atoms with Crippen LogP contribution in [0, 0.1) is 0 Å². The van der Waals surface area contributed by atoms with Crippen LogP contribution in [0.2, 0.25) is 10.0 Å². The minimum atomic E-state index is -3.00. The summed E-state index contributed by atoms with van der Waals surface area (Å²) in [5.41, 5.74) is -0.431. The fourth-order valence-corrected chi connectivity index (χ4v) is 4.32. The van der Waals surface area contributed by atoms with E-state index in [0.717, 1.165) is 5.75 Å². The molecule has 3 N–H and O–H groups in total. The van der Waals surface area contributed by atoms with Gasteiger partial charge < -0.3 is 20.5 Å². The Kier molecular flexibility index (Phi) is 8.06. The zero-order valence-electron chi connectivity index (χ0n) is 14.2. The van der Waals surface area contributed by atoms with Crippen LogP contribution in [0.1, 0.15) is 18.9 Å². The quantitative estimate of drug-likeness (QED) is 0.458. The number of nitrogens with one attached hydrogen (secondary N) is 2. The van der Waals surface area contributed by atoms with Crippen molar-refractivity contribution >= 4 is 40.9 Å². The lowest BCUT2D eigenvalue weighted by molar-refractivity contribution is -0.0503. The molecule has 1 aromatic rings. The van der Waals surface area contributed by atoms with Crippen LogP contribution in [-0.4, -0.2) is 47.9 Å². The van der Waals surface area contributed by atoms with Gasteiger partial charge in [0.25, 0.3) is 0 Å². The Labute approximate surface area is 165 Å². The second kappa shape index (κ2) is 9.82. The second-order valence-electron chi connectivity index (χ2n) is 5.83. The van der Waals surface area contributed by atoms with Crippen molar-refractivity contribution in [2.45, 2.75) is 32.1 Å². The number of alkyl halides is 2. The van der Waals surface area contributed by atoms with Crippen LogP contribution in [0.3, 0.4) is 0 Å². The molecule has 2 rings (SSSR count). The maximum atomic E-state index is 12.6. The average molecular weight is 428 g/mol. The van der Waals surface area contributed by atoms with Crippen molar-refractivity contribution < 1.29 is 18.6 Å². The highest BCUT2D eigenvalue weighted by Crippen LogP contribution is 2.34. The summed E-state index contributed by atoms with van der Waals surface area (Å²) in [6.45, 7) is -0.112. The zero-order valence-corrected chi connectivity index (χ0v) is 16.5. The molecule has 0 spiro atoms. The molecule has 1 aliphatic heterocycles. The standard InChI is InChI=1S/C16H21Cl2F2N3O2S/c1-2-21-15(23-8-16(24)3-4-26-9-16)22-7-10-5-11(17)6-12(18)13(10)25-14(19)20/h5-6,14,24H,2-4,7-9H2,1H3,(H2,21,22,23). The van der Waals surface area contributed by atoms with Gasteiger partial charge in [0.1, 0.15) is 5.75 Å². The molecule has 1 heterocycles. The third-order valence-electron chi connectivity index (χ3n) is 3.71. The number of aliphatic hydroxyl groups is 1. The van der Waals surface area contributed by atoms with Gasteiger partial charge in [-0.05, 0) is 31.2 Å². The third-order valence-corrected chi connectivity index (χ3v) is 5.44. The van der Waals surface area contributed by atoms with Crippen molar-refractivity contribution in [3.8, 4) is 5.75 Å². The molecule has 1 aromatic carbocycles. The van der Waals surface area contributed by atoms with Crippen LogP contribution < -0.4 is 15.4 Å². The van der Waals surface area contributed by atoms with Gasteiger partial charge in [0.15, 0.2) is 5.96 Å². The van der Waals surface area contributed by atoms with Gasteiger partial charge in [-0.15, -0.1) is 0 Å². The van der Waals surface area contributed by atoms with Gasteiger partial charge in [0.05, 0.1) is 17.2 Å². The molecule has 0 aromatic heterocycles. The number of hydrogen-bond donors (Lipinski definition) is 3. The fourth-order valence-electron chi connectivity index (χ4n) is 2.44. The largest absolute Gasteiger partial charge is 0.433 e. The lowest BCUT2D eigenvalue weighted by Crippen LogP contribution is -2.47. The second-order valence-corrected chi connectivity index (χ2v) is 7.78. The molecule has 10 heteroatoms. The first kappa shape index (κ1) is 21.3. The first-order valence-electron chi connectivity index (χ1n) is 8.08. The van der Waals surface area contributed by atoms with Gasteiger partial charge in [-0.25, -0.2) is 4.99 Å². The number of thioether (sulfide) groups is 1. The van der Waals surface area contributed by atoms with Crippen LogP contribution in [0.5, 0.6) is 5.75 Å². The molecule has 0 radical (unpaired) electrons. The molecule has 1 fully saturated rings. The first-order valence-corrected chi connectivity index (χ1v) is 9.99. The molecule has 0 bridgehead atoms. The lowest BCUT2D eigenvalue weighted by atomic mass is 10.0. The van der Waals surface area contributed by atoms with E-state index in [1.165, 1.54) is 12.1 Å². The van der Waals surface area contributed by atoms with Crippen LogP contribution in [0.4, 0.5) is 8.78 Å². The highest BCUT2D eigenvalue weighted by Gasteiger charge is 2.31. The van der Waals surface area contributed by atoms with Crippen molar-refractivity contribution in [1.29, 1.82) is 0 Å². The summed E-state index contributed by atoms with van der Waals surface area (Å²) in [5.74, 6) is 1.89. The number of guanidine groups is 1. The minimum absolute atomic E-state index is 0.00162. The zero-order chi connectivity index (χ0) is 19.2. The molecular formula is C16H21Cl2F2N3O2S. The minimum Gasteiger partial charge on any atom is -0.433 e. The summed E-state index contributed by atoms with van der Waals surface area (Å²) in [7, 11) is 0. The van der Waals surface area contributed by atoms with Gasteiger partial charge in [-0.3, -0.25) is 0 Å². The first-order chi connectivity index (χ1) is 12.3. The number of hydrogen-bond acceptors (Lipinski definition) is 4. The number of ether oxygens (including phenoxy) is 1. The molecule has 1 atom stereocenters. The third kappa shape index (κ3) is 6.33. The Morgan fingerprint density at radius 3 is 2.81 bits per heavy atom.